The van der Waals surface area contributed by atoms with E-state index in [1.807, 2.05) is 0 Å². The first-order valence-corrected chi connectivity index (χ1v) is 5.27. The van der Waals surface area contributed by atoms with Gasteiger partial charge in [0.2, 0.25) is 0 Å². The van der Waals surface area contributed by atoms with E-state index in [1.165, 1.54) is 0 Å². The molecule has 8 heteroatoms. The Labute approximate surface area is 108 Å². The highest BCUT2D eigenvalue weighted by Crippen LogP contribution is 2.24. The molecule has 1 aromatic carbocycles. The van der Waals surface area contributed by atoms with Gasteiger partial charge in [0.1, 0.15) is 5.60 Å². The number of carbonyl (C=O) groups is 1. The molecule has 0 radical (unpaired) electrons. The average Bonchev–Trinajstić information content (AvgIpc) is 2.25. The molecule has 0 bridgehead atoms. The van der Waals surface area contributed by atoms with Gasteiger partial charge in [0.15, 0.2) is 0 Å². The summed E-state index contributed by atoms with van der Waals surface area (Å²) < 4.78 is 5.01. The molecule has 0 aromatic heterocycles. The van der Waals surface area contributed by atoms with E-state index in [0.717, 1.165) is 18.2 Å². The van der Waals surface area contributed by atoms with E-state index < -0.39 is 32.8 Å². The van der Waals surface area contributed by atoms with Gasteiger partial charge in [0.25, 0.3) is 11.4 Å². The summed E-state index contributed by atoms with van der Waals surface area (Å²) in [4.78, 5) is 31.5. The summed E-state index contributed by atoms with van der Waals surface area (Å²) in [5.74, 6) is -0.848. The fraction of sp³-hybridized carbons (Fsp3) is 0.364. The van der Waals surface area contributed by atoms with Crippen LogP contribution in [0.1, 0.15) is 31.1 Å². The summed E-state index contributed by atoms with van der Waals surface area (Å²) >= 11 is 0. The second-order valence-electron chi connectivity index (χ2n) is 4.75. The van der Waals surface area contributed by atoms with Gasteiger partial charge in [-0.05, 0) is 20.8 Å². The Kier molecular flexibility index (Phi) is 3.83. The van der Waals surface area contributed by atoms with Crippen LogP contribution >= 0.6 is 0 Å². The Morgan fingerprint density at radius 2 is 1.47 bits per heavy atom. The number of rotatable bonds is 3. The second-order valence-corrected chi connectivity index (χ2v) is 4.75. The van der Waals surface area contributed by atoms with Crippen molar-refractivity contribution >= 4 is 17.3 Å². The molecule has 1 rings (SSSR count). The van der Waals surface area contributed by atoms with E-state index in [1.54, 1.807) is 20.8 Å². The van der Waals surface area contributed by atoms with E-state index in [2.05, 4.69) is 0 Å². The van der Waals surface area contributed by atoms with Crippen molar-refractivity contribution in [2.45, 2.75) is 26.4 Å². The van der Waals surface area contributed by atoms with Gasteiger partial charge in [-0.15, -0.1) is 0 Å². The number of esters is 1. The highest BCUT2D eigenvalue weighted by molar-refractivity contribution is 5.91. The van der Waals surface area contributed by atoms with Gasteiger partial charge in [-0.1, -0.05) is 0 Å². The molecule has 0 aliphatic heterocycles. The molecular formula is C11H12N2O6. The van der Waals surface area contributed by atoms with Crippen LogP contribution < -0.4 is 0 Å². The highest BCUT2D eigenvalue weighted by Gasteiger charge is 2.23. The number of non-ortho nitro benzene ring substituents is 2. The van der Waals surface area contributed by atoms with Crippen molar-refractivity contribution in [1.82, 2.24) is 0 Å². The highest BCUT2D eigenvalue weighted by atomic mass is 16.6. The Balaban J connectivity index is 3.23. The predicted molar refractivity (Wildman–Crippen MR) is 64.9 cm³/mol. The van der Waals surface area contributed by atoms with Crippen LogP contribution in [0, 0.1) is 20.2 Å². The summed E-state index contributed by atoms with van der Waals surface area (Å²) in [7, 11) is 0. The summed E-state index contributed by atoms with van der Waals surface area (Å²) in [6, 6.07) is 2.68. The maximum Gasteiger partial charge on any atom is 0.339 e. The zero-order valence-electron chi connectivity index (χ0n) is 10.6. The van der Waals surface area contributed by atoms with Crippen LogP contribution in [0.4, 0.5) is 11.4 Å². The van der Waals surface area contributed by atoms with Gasteiger partial charge < -0.3 is 4.74 Å². The number of ether oxygens (including phenoxy) is 1. The van der Waals surface area contributed by atoms with Crippen molar-refractivity contribution in [1.29, 1.82) is 0 Å². The smallest absolute Gasteiger partial charge is 0.339 e. The monoisotopic (exact) mass is 268 g/mol. The first kappa shape index (κ1) is 14.6. The molecule has 0 atom stereocenters. The molecule has 0 aliphatic carbocycles. The molecule has 0 unspecified atom stereocenters. The molecule has 1 aromatic rings. The molecule has 0 aliphatic rings. The summed E-state index contributed by atoms with van der Waals surface area (Å²) in [5.41, 5.74) is -2.09. The van der Waals surface area contributed by atoms with Gasteiger partial charge in [0.05, 0.1) is 21.5 Å². The molecule has 0 N–H and O–H groups in total. The number of nitro benzene ring substituents is 2. The van der Waals surface area contributed by atoms with Crippen molar-refractivity contribution in [2.24, 2.45) is 0 Å². The summed E-state index contributed by atoms with van der Waals surface area (Å²) in [6.07, 6.45) is 0. The number of benzene rings is 1. The number of carbonyl (C=O) groups excluding carboxylic acids is 1. The average molecular weight is 268 g/mol. The lowest BCUT2D eigenvalue weighted by molar-refractivity contribution is -0.394. The predicted octanol–water partition coefficient (Wildman–Crippen LogP) is 2.46. The molecule has 0 amide bonds. The van der Waals surface area contributed by atoms with Crippen LogP contribution in [-0.2, 0) is 4.74 Å². The van der Waals surface area contributed by atoms with E-state index in [9.17, 15) is 25.0 Å². The normalized spacial score (nSPS) is 10.9. The van der Waals surface area contributed by atoms with Crippen molar-refractivity contribution in [3.63, 3.8) is 0 Å². The fourth-order valence-electron chi connectivity index (χ4n) is 1.26. The third-order valence-electron chi connectivity index (χ3n) is 1.96. The zero-order chi connectivity index (χ0) is 14.8. The van der Waals surface area contributed by atoms with Crippen LogP contribution in [0.5, 0.6) is 0 Å². The first-order chi connectivity index (χ1) is 8.60. The van der Waals surface area contributed by atoms with Crippen molar-refractivity contribution in [2.75, 3.05) is 0 Å². The third-order valence-corrected chi connectivity index (χ3v) is 1.96. The van der Waals surface area contributed by atoms with Crippen LogP contribution in [0.3, 0.4) is 0 Å². The number of hydrogen-bond acceptors (Lipinski definition) is 6. The zero-order valence-corrected chi connectivity index (χ0v) is 10.6. The number of nitro groups is 2. The molecule has 102 valence electrons. The SMILES string of the molecule is CC(C)(C)OC(=O)c1cc([N+](=O)[O-])cc([N+](=O)[O-])c1. The van der Waals surface area contributed by atoms with Gasteiger partial charge in [-0.2, -0.15) is 0 Å². The Morgan fingerprint density at radius 3 is 1.79 bits per heavy atom. The van der Waals surface area contributed by atoms with E-state index >= 15 is 0 Å². The molecule has 0 spiro atoms. The molecule has 19 heavy (non-hydrogen) atoms. The largest absolute Gasteiger partial charge is 0.456 e. The summed E-state index contributed by atoms with van der Waals surface area (Å²) in [5, 5.41) is 21.3. The van der Waals surface area contributed by atoms with E-state index in [0.29, 0.717) is 0 Å². The Bertz CT molecular complexity index is 514. The van der Waals surface area contributed by atoms with Gasteiger partial charge in [-0.25, -0.2) is 4.79 Å². The van der Waals surface area contributed by atoms with Crippen LogP contribution in [0.2, 0.25) is 0 Å². The Hall–Kier alpha value is -2.51. The lowest BCUT2D eigenvalue weighted by Gasteiger charge is -2.19. The molecule has 0 saturated carbocycles. The minimum atomic E-state index is -0.848. The topological polar surface area (TPSA) is 113 Å². The summed E-state index contributed by atoms with van der Waals surface area (Å²) in [6.45, 7) is 4.87. The maximum atomic E-state index is 11.7. The van der Waals surface area contributed by atoms with Gasteiger partial charge in [0, 0.05) is 12.1 Å². The van der Waals surface area contributed by atoms with Crippen LogP contribution in [-0.4, -0.2) is 21.4 Å². The standard InChI is InChI=1S/C11H12N2O6/c1-11(2,3)19-10(14)7-4-8(12(15)16)6-9(5-7)13(17)18/h4-6H,1-3H3. The Morgan fingerprint density at radius 1 is 1.05 bits per heavy atom. The van der Waals surface area contributed by atoms with E-state index in [-0.39, 0.29) is 5.56 Å². The lowest BCUT2D eigenvalue weighted by atomic mass is 10.1. The lowest BCUT2D eigenvalue weighted by Crippen LogP contribution is -2.24. The van der Waals surface area contributed by atoms with Crippen LogP contribution in [0.15, 0.2) is 18.2 Å². The fourth-order valence-corrected chi connectivity index (χ4v) is 1.26. The maximum absolute atomic E-state index is 11.7. The molecule has 0 heterocycles. The molecular weight excluding hydrogens is 256 g/mol. The van der Waals surface area contributed by atoms with Gasteiger partial charge in [-0.3, -0.25) is 20.2 Å². The van der Waals surface area contributed by atoms with Crippen molar-refractivity contribution in [3.05, 3.63) is 44.0 Å². The molecule has 0 fully saturated rings. The van der Waals surface area contributed by atoms with Crippen LogP contribution in [0.25, 0.3) is 0 Å². The number of nitrogens with zero attached hydrogens (tertiary/aromatic N) is 2. The van der Waals surface area contributed by atoms with Crippen molar-refractivity contribution in [3.8, 4) is 0 Å². The third kappa shape index (κ3) is 4.02. The minimum absolute atomic E-state index is 0.226. The van der Waals surface area contributed by atoms with Crippen molar-refractivity contribution < 1.29 is 19.4 Å². The second kappa shape index (κ2) is 5.01. The van der Waals surface area contributed by atoms with E-state index in [4.69, 9.17) is 4.74 Å². The van der Waals surface area contributed by atoms with Gasteiger partial charge >= 0.3 is 5.97 Å². The molecule has 8 nitrogen and oxygen atoms in total. The number of hydrogen-bond donors (Lipinski definition) is 0. The molecule has 0 saturated heterocycles. The minimum Gasteiger partial charge on any atom is -0.456 e. The quantitative estimate of drug-likeness (QED) is 0.472. The first-order valence-electron chi connectivity index (χ1n) is 5.27.